The maximum atomic E-state index is 5.87. The van der Waals surface area contributed by atoms with Crippen LogP contribution < -0.4 is 11.1 Å². The highest BCUT2D eigenvalue weighted by atomic mass is 16.5. The van der Waals surface area contributed by atoms with Crippen LogP contribution >= 0.6 is 0 Å². The van der Waals surface area contributed by atoms with Gasteiger partial charge in [0.05, 0.1) is 12.1 Å². The molecule has 1 heterocycles. The van der Waals surface area contributed by atoms with Gasteiger partial charge in [-0.15, -0.1) is 0 Å². The Morgan fingerprint density at radius 1 is 1.44 bits per heavy atom. The van der Waals surface area contributed by atoms with E-state index >= 15 is 0 Å². The Kier molecular flexibility index (Phi) is 3.69. The maximum Gasteiger partial charge on any atom is 0.188 e. The fourth-order valence-corrected chi connectivity index (χ4v) is 2.54. The van der Waals surface area contributed by atoms with Gasteiger partial charge in [0.1, 0.15) is 0 Å². The Labute approximate surface area is 97.6 Å². The molecular formula is C12H23N3O. The molecule has 4 nitrogen and oxygen atoms in total. The SMILES string of the molecule is CC1(CN=C(N)NC2CCCC2)CCCO1. The first-order valence-corrected chi connectivity index (χ1v) is 6.38. The number of ether oxygens (including phenoxy) is 1. The lowest BCUT2D eigenvalue weighted by Crippen LogP contribution is -2.40. The number of hydrogen-bond donors (Lipinski definition) is 2. The van der Waals surface area contributed by atoms with Gasteiger partial charge in [-0.25, -0.2) is 0 Å². The summed E-state index contributed by atoms with van der Waals surface area (Å²) in [4.78, 5) is 4.40. The van der Waals surface area contributed by atoms with Crippen molar-refractivity contribution in [1.29, 1.82) is 0 Å². The lowest BCUT2D eigenvalue weighted by molar-refractivity contribution is 0.0284. The van der Waals surface area contributed by atoms with Gasteiger partial charge in [0.2, 0.25) is 0 Å². The van der Waals surface area contributed by atoms with Crippen molar-refractivity contribution in [2.75, 3.05) is 13.2 Å². The minimum absolute atomic E-state index is 0.0814. The van der Waals surface area contributed by atoms with E-state index in [1.807, 2.05) is 0 Å². The van der Waals surface area contributed by atoms with Crippen LogP contribution in [-0.2, 0) is 4.74 Å². The van der Waals surface area contributed by atoms with Crippen molar-refractivity contribution in [3.8, 4) is 0 Å². The maximum absolute atomic E-state index is 5.87. The van der Waals surface area contributed by atoms with E-state index in [-0.39, 0.29) is 5.60 Å². The Bertz CT molecular complexity index is 253. The molecule has 1 atom stereocenters. The molecule has 0 amide bonds. The molecule has 0 radical (unpaired) electrons. The molecule has 2 rings (SSSR count). The zero-order chi connectivity index (χ0) is 11.4. The third-order valence-corrected chi connectivity index (χ3v) is 3.59. The summed E-state index contributed by atoms with van der Waals surface area (Å²) in [7, 11) is 0. The van der Waals surface area contributed by atoms with Crippen molar-refractivity contribution >= 4 is 5.96 Å². The van der Waals surface area contributed by atoms with Crippen LogP contribution in [0.5, 0.6) is 0 Å². The van der Waals surface area contributed by atoms with E-state index in [0.29, 0.717) is 18.5 Å². The largest absolute Gasteiger partial charge is 0.373 e. The third-order valence-electron chi connectivity index (χ3n) is 3.59. The van der Waals surface area contributed by atoms with Gasteiger partial charge in [-0.3, -0.25) is 4.99 Å². The van der Waals surface area contributed by atoms with Gasteiger partial charge in [0, 0.05) is 12.6 Å². The average molecular weight is 225 g/mol. The van der Waals surface area contributed by atoms with Crippen molar-refractivity contribution in [2.24, 2.45) is 10.7 Å². The molecule has 1 saturated heterocycles. The van der Waals surface area contributed by atoms with Gasteiger partial charge in [0.25, 0.3) is 0 Å². The average Bonchev–Trinajstić information content (AvgIpc) is 2.88. The molecule has 2 fully saturated rings. The number of guanidine groups is 1. The Morgan fingerprint density at radius 2 is 2.19 bits per heavy atom. The molecule has 1 aliphatic heterocycles. The van der Waals surface area contributed by atoms with Crippen LogP contribution in [0.15, 0.2) is 4.99 Å². The molecule has 0 aromatic heterocycles. The molecule has 0 spiro atoms. The molecule has 0 bridgehead atoms. The molecule has 92 valence electrons. The van der Waals surface area contributed by atoms with E-state index in [2.05, 4.69) is 17.2 Å². The fraction of sp³-hybridized carbons (Fsp3) is 0.917. The molecule has 1 saturated carbocycles. The van der Waals surface area contributed by atoms with Crippen LogP contribution in [-0.4, -0.2) is 30.8 Å². The highest BCUT2D eigenvalue weighted by Gasteiger charge is 2.29. The summed E-state index contributed by atoms with van der Waals surface area (Å²) in [6.45, 7) is 3.66. The zero-order valence-corrected chi connectivity index (χ0v) is 10.2. The summed E-state index contributed by atoms with van der Waals surface area (Å²) in [5, 5.41) is 3.29. The standard InChI is InChI=1S/C12H23N3O/c1-12(7-4-8-16-12)9-14-11(13)15-10-5-2-3-6-10/h10H,2-9H2,1H3,(H3,13,14,15). The summed E-state index contributed by atoms with van der Waals surface area (Å²) in [5.74, 6) is 0.587. The van der Waals surface area contributed by atoms with Gasteiger partial charge in [-0.05, 0) is 32.6 Å². The van der Waals surface area contributed by atoms with E-state index in [9.17, 15) is 0 Å². The number of hydrogen-bond acceptors (Lipinski definition) is 2. The molecule has 1 aliphatic carbocycles. The Morgan fingerprint density at radius 3 is 2.81 bits per heavy atom. The van der Waals surface area contributed by atoms with Gasteiger partial charge < -0.3 is 15.8 Å². The van der Waals surface area contributed by atoms with Crippen LogP contribution in [0.2, 0.25) is 0 Å². The molecule has 16 heavy (non-hydrogen) atoms. The first-order chi connectivity index (χ1) is 7.68. The van der Waals surface area contributed by atoms with Crippen molar-refractivity contribution in [1.82, 2.24) is 5.32 Å². The summed E-state index contributed by atoms with van der Waals surface area (Å²) >= 11 is 0. The quantitative estimate of drug-likeness (QED) is 0.564. The van der Waals surface area contributed by atoms with Crippen LogP contribution in [0.25, 0.3) is 0 Å². The number of aliphatic imine (C=N–C) groups is 1. The summed E-state index contributed by atoms with van der Waals surface area (Å²) in [6.07, 6.45) is 7.31. The molecule has 4 heteroatoms. The molecule has 1 unspecified atom stereocenters. The zero-order valence-electron chi connectivity index (χ0n) is 10.2. The van der Waals surface area contributed by atoms with Gasteiger partial charge >= 0.3 is 0 Å². The summed E-state index contributed by atoms with van der Waals surface area (Å²) in [6, 6.07) is 0.543. The highest BCUT2D eigenvalue weighted by Crippen LogP contribution is 2.25. The van der Waals surface area contributed by atoms with E-state index in [0.717, 1.165) is 19.4 Å². The number of nitrogens with zero attached hydrogens (tertiary/aromatic N) is 1. The van der Waals surface area contributed by atoms with Crippen molar-refractivity contribution in [3.05, 3.63) is 0 Å². The van der Waals surface area contributed by atoms with E-state index < -0.39 is 0 Å². The molecule has 0 aromatic rings. The molecule has 0 aromatic carbocycles. The van der Waals surface area contributed by atoms with Gasteiger partial charge in [-0.2, -0.15) is 0 Å². The van der Waals surface area contributed by atoms with Gasteiger partial charge in [0.15, 0.2) is 5.96 Å². The smallest absolute Gasteiger partial charge is 0.188 e. The fourth-order valence-electron chi connectivity index (χ4n) is 2.54. The van der Waals surface area contributed by atoms with Crippen molar-refractivity contribution in [2.45, 2.75) is 57.1 Å². The second-order valence-corrected chi connectivity index (χ2v) is 5.23. The number of nitrogens with one attached hydrogen (secondary N) is 1. The Hall–Kier alpha value is -0.770. The van der Waals surface area contributed by atoms with Crippen molar-refractivity contribution in [3.63, 3.8) is 0 Å². The second kappa shape index (κ2) is 5.04. The third kappa shape index (κ3) is 3.11. The van der Waals surface area contributed by atoms with Crippen LogP contribution in [0, 0.1) is 0 Å². The highest BCUT2D eigenvalue weighted by molar-refractivity contribution is 5.78. The van der Waals surface area contributed by atoms with E-state index in [1.165, 1.54) is 25.7 Å². The van der Waals surface area contributed by atoms with Crippen molar-refractivity contribution < 1.29 is 4.74 Å². The van der Waals surface area contributed by atoms with Gasteiger partial charge in [-0.1, -0.05) is 12.8 Å². The minimum Gasteiger partial charge on any atom is -0.373 e. The predicted octanol–water partition coefficient (Wildman–Crippen LogP) is 1.40. The van der Waals surface area contributed by atoms with Crippen LogP contribution in [0.1, 0.15) is 45.4 Å². The van der Waals surface area contributed by atoms with E-state index in [4.69, 9.17) is 10.5 Å². The number of nitrogens with two attached hydrogens (primary N) is 1. The second-order valence-electron chi connectivity index (χ2n) is 5.23. The normalized spacial score (nSPS) is 32.2. The lowest BCUT2D eigenvalue weighted by Gasteiger charge is -2.21. The lowest BCUT2D eigenvalue weighted by atomic mass is 10.0. The summed E-state index contributed by atoms with van der Waals surface area (Å²) < 4.78 is 5.67. The molecular weight excluding hydrogens is 202 g/mol. The first-order valence-electron chi connectivity index (χ1n) is 6.38. The monoisotopic (exact) mass is 225 g/mol. The summed E-state index contributed by atoms with van der Waals surface area (Å²) in [5.41, 5.74) is 5.79. The molecule has 2 aliphatic rings. The van der Waals surface area contributed by atoms with Crippen LogP contribution in [0.4, 0.5) is 0 Å². The predicted molar refractivity (Wildman–Crippen MR) is 65.5 cm³/mol. The first kappa shape index (κ1) is 11.7. The Balaban J connectivity index is 1.77. The molecule has 3 N–H and O–H groups in total. The number of rotatable bonds is 3. The van der Waals surface area contributed by atoms with Crippen LogP contribution in [0.3, 0.4) is 0 Å². The topological polar surface area (TPSA) is 59.6 Å². The minimum atomic E-state index is -0.0814. The van der Waals surface area contributed by atoms with E-state index in [1.54, 1.807) is 0 Å².